The minimum Gasteiger partial charge on any atom is -0.435 e. The Hall–Kier alpha value is -3.79. The molecule has 3 aromatic heterocycles. The fraction of sp³-hybridized carbons (Fsp3) is 0.407. The third-order valence-corrected chi connectivity index (χ3v) is 6.36. The first-order valence-corrected chi connectivity index (χ1v) is 12.4. The average molecular weight is 507 g/mol. The summed E-state index contributed by atoms with van der Waals surface area (Å²) in [5.41, 5.74) is 2.79. The minimum atomic E-state index is -0.564. The molecule has 0 aliphatic carbocycles. The lowest BCUT2D eigenvalue weighted by Gasteiger charge is -2.29. The van der Waals surface area contributed by atoms with Gasteiger partial charge in [0.25, 0.3) is 5.91 Å². The SMILES string of the molecule is CCc1nc2cc(-c3cc(NC(=O)c4cnc(C(C)(C)C)o4)c(F)cc3C)cc(N3CCOCC3)n2n1. The van der Waals surface area contributed by atoms with E-state index in [1.54, 1.807) is 6.07 Å². The molecule has 0 unspecified atom stereocenters. The van der Waals surface area contributed by atoms with Crippen molar-refractivity contribution < 1.29 is 18.3 Å². The molecular weight excluding hydrogens is 475 g/mol. The summed E-state index contributed by atoms with van der Waals surface area (Å²) in [5, 5.41) is 7.33. The Morgan fingerprint density at radius 2 is 1.92 bits per heavy atom. The number of morpholine rings is 1. The van der Waals surface area contributed by atoms with E-state index in [0.717, 1.165) is 41.4 Å². The topological polar surface area (TPSA) is 97.8 Å². The van der Waals surface area contributed by atoms with Crippen LogP contribution in [0.4, 0.5) is 15.9 Å². The number of pyridine rings is 1. The molecule has 1 fully saturated rings. The van der Waals surface area contributed by atoms with Crippen molar-refractivity contribution in [1.29, 1.82) is 0 Å². The quantitative estimate of drug-likeness (QED) is 0.416. The van der Waals surface area contributed by atoms with Crippen molar-refractivity contribution >= 4 is 23.1 Å². The van der Waals surface area contributed by atoms with E-state index in [-0.39, 0.29) is 16.9 Å². The van der Waals surface area contributed by atoms with Gasteiger partial charge >= 0.3 is 0 Å². The van der Waals surface area contributed by atoms with Gasteiger partial charge in [-0.1, -0.05) is 27.7 Å². The molecule has 0 spiro atoms. The zero-order chi connectivity index (χ0) is 26.3. The number of aromatic nitrogens is 4. The van der Waals surface area contributed by atoms with Crippen LogP contribution in [0.1, 0.15) is 55.5 Å². The van der Waals surface area contributed by atoms with Crippen molar-refractivity contribution in [2.45, 2.75) is 46.5 Å². The number of benzene rings is 1. The number of aryl methyl sites for hydroxylation is 2. The zero-order valence-electron chi connectivity index (χ0n) is 21.8. The number of nitrogens with one attached hydrogen (secondary N) is 1. The number of carbonyl (C=O) groups is 1. The fourth-order valence-corrected chi connectivity index (χ4v) is 4.32. The fourth-order valence-electron chi connectivity index (χ4n) is 4.32. The first-order valence-electron chi connectivity index (χ1n) is 12.4. The Kier molecular flexibility index (Phi) is 6.45. The molecule has 1 saturated heterocycles. The van der Waals surface area contributed by atoms with Gasteiger partial charge in [-0.15, -0.1) is 5.10 Å². The van der Waals surface area contributed by atoms with Crippen LogP contribution in [0.2, 0.25) is 0 Å². The number of oxazole rings is 1. The summed E-state index contributed by atoms with van der Waals surface area (Å²) in [4.78, 5) is 24.0. The van der Waals surface area contributed by atoms with Crippen LogP contribution in [0.3, 0.4) is 0 Å². The number of ether oxygens (including phenoxy) is 1. The lowest BCUT2D eigenvalue weighted by molar-refractivity contribution is 0.0992. The molecule has 9 nitrogen and oxygen atoms in total. The largest absolute Gasteiger partial charge is 0.435 e. The number of amides is 1. The summed E-state index contributed by atoms with van der Waals surface area (Å²) < 4.78 is 28.0. The van der Waals surface area contributed by atoms with Gasteiger partial charge in [0.05, 0.1) is 25.1 Å². The van der Waals surface area contributed by atoms with Gasteiger partial charge in [0.1, 0.15) is 11.6 Å². The van der Waals surface area contributed by atoms with E-state index in [9.17, 15) is 9.18 Å². The Morgan fingerprint density at radius 1 is 1.16 bits per heavy atom. The second-order valence-electron chi connectivity index (χ2n) is 10.2. The third-order valence-electron chi connectivity index (χ3n) is 6.36. The molecular formula is C27H31FN6O3. The molecule has 194 valence electrons. The number of hydrogen-bond acceptors (Lipinski definition) is 7. The van der Waals surface area contributed by atoms with E-state index < -0.39 is 11.7 Å². The predicted molar refractivity (Wildman–Crippen MR) is 139 cm³/mol. The van der Waals surface area contributed by atoms with E-state index in [2.05, 4.69) is 25.3 Å². The first kappa shape index (κ1) is 24.9. The van der Waals surface area contributed by atoms with Crippen LogP contribution in [0, 0.1) is 12.7 Å². The summed E-state index contributed by atoms with van der Waals surface area (Å²) in [6, 6.07) is 7.04. The Balaban J connectivity index is 1.53. The second-order valence-corrected chi connectivity index (χ2v) is 10.2. The molecule has 0 radical (unpaired) electrons. The predicted octanol–water partition coefficient (Wildman–Crippen LogP) is 4.78. The van der Waals surface area contributed by atoms with Crippen LogP contribution < -0.4 is 10.2 Å². The monoisotopic (exact) mass is 506 g/mol. The lowest BCUT2D eigenvalue weighted by atomic mass is 9.97. The van der Waals surface area contributed by atoms with E-state index in [1.165, 1.54) is 12.3 Å². The van der Waals surface area contributed by atoms with E-state index in [1.807, 2.05) is 51.3 Å². The summed E-state index contributed by atoms with van der Waals surface area (Å²) >= 11 is 0. The molecule has 0 bridgehead atoms. The molecule has 1 aliphatic heterocycles. The number of anilines is 2. The second kappa shape index (κ2) is 9.59. The number of carbonyl (C=O) groups excluding carboxylic acids is 1. The van der Waals surface area contributed by atoms with Gasteiger partial charge in [0, 0.05) is 24.9 Å². The van der Waals surface area contributed by atoms with Crippen molar-refractivity contribution in [3.63, 3.8) is 0 Å². The normalized spacial score (nSPS) is 14.4. The molecule has 4 aromatic rings. The van der Waals surface area contributed by atoms with Crippen LogP contribution in [0.15, 0.2) is 34.9 Å². The Bertz CT molecular complexity index is 1460. The van der Waals surface area contributed by atoms with E-state index in [4.69, 9.17) is 9.15 Å². The van der Waals surface area contributed by atoms with E-state index >= 15 is 0 Å². The molecule has 0 atom stereocenters. The van der Waals surface area contributed by atoms with Gasteiger partial charge in [-0.2, -0.15) is 4.52 Å². The molecule has 0 saturated carbocycles. The molecule has 5 rings (SSSR count). The first-order chi connectivity index (χ1) is 17.6. The summed E-state index contributed by atoms with van der Waals surface area (Å²) in [5.74, 6) is 1.01. The minimum absolute atomic E-state index is 0.0260. The number of fused-ring (bicyclic) bond motifs is 1. The highest BCUT2D eigenvalue weighted by Gasteiger charge is 2.24. The molecule has 1 amide bonds. The van der Waals surface area contributed by atoms with Gasteiger partial charge in [-0.3, -0.25) is 4.79 Å². The molecule has 37 heavy (non-hydrogen) atoms. The summed E-state index contributed by atoms with van der Waals surface area (Å²) in [6.07, 6.45) is 2.08. The molecule has 1 N–H and O–H groups in total. The highest BCUT2D eigenvalue weighted by atomic mass is 19.1. The molecule has 4 heterocycles. The molecule has 1 aliphatic rings. The van der Waals surface area contributed by atoms with Gasteiger partial charge in [0.2, 0.25) is 11.7 Å². The zero-order valence-corrected chi connectivity index (χ0v) is 21.8. The van der Waals surface area contributed by atoms with Crippen molar-refractivity contribution in [1.82, 2.24) is 19.6 Å². The summed E-state index contributed by atoms with van der Waals surface area (Å²) in [6.45, 7) is 12.4. The number of nitrogens with zero attached hydrogens (tertiary/aromatic N) is 5. The van der Waals surface area contributed by atoms with Crippen molar-refractivity contribution in [3.05, 3.63) is 59.3 Å². The Labute approximate surface area is 214 Å². The van der Waals surface area contributed by atoms with Crippen molar-refractivity contribution in [2.24, 2.45) is 0 Å². The average Bonchev–Trinajstić information content (AvgIpc) is 3.53. The van der Waals surface area contributed by atoms with Crippen molar-refractivity contribution in [3.8, 4) is 11.1 Å². The van der Waals surface area contributed by atoms with Gasteiger partial charge < -0.3 is 19.4 Å². The standard InChI is InChI=1S/C27H31FN6O3/c1-6-22-31-23-12-17(13-24(34(23)32-22)33-7-9-36-10-8-33)18-14-20(19(28)11-16(18)2)30-25(35)21-15-29-26(37-21)27(3,4)5/h11-15H,6-10H2,1-5H3,(H,30,35). The maximum Gasteiger partial charge on any atom is 0.293 e. The van der Waals surface area contributed by atoms with Crippen LogP contribution >= 0.6 is 0 Å². The highest BCUT2D eigenvalue weighted by molar-refractivity contribution is 6.02. The van der Waals surface area contributed by atoms with E-state index in [0.29, 0.717) is 31.2 Å². The number of hydrogen-bond donors (Lipinski definition) is 1. The smallest absolute Gasteiger partial charge is 0.293 e. The van der Waals surface area contributed by atoms with Gasteiger partial charge in [-0.05, 0) is 47.9 Å². The third kappa shape index (κ3) is 4.93. The molecule has 1 aromatic carbocycles. The van der Waals surface area contributed by atoms with Gasteiger partial charge in [-0.25, -0.2) is 14.4 Å². The Morgan fingerprint density at radius 3 is 2.59 bits per heavy atom. The molecule has 10 heteroatoms. The van der Waals surface area contributed by atoms with Gasteiger partial charge in [0.15, 0.2) is 11.5 Å². The maximum atomic E-state index is 15.0. The van der Waals surface area contributed by atoms with Crippen LogP contribution in [-0.4, -0.2) is 51.8 Å². The number of halogens is 1. The maximum absolute atomic E-state index is 15.0. The van der Waals surface area contributed by atoms with Crippen LogP contribution in [-0.2, 0) is 16.6 Å². The highest BCUT2D eigenvalue weighted by Crippen LogP contribution is 2.33. The lowest BCUT2D eigenvalue weighted by Crippen LogP contribution is -2.37. The number of rotatable bonds is 5. The van der Waals surface area contributed by atoms with Crippen LogP contribution in [0.5, 0.6) is 0 Å². The van der Waals surface area contributed by atoms with Crippen molar-refractivity contribution in [2.75, 3.05) is 36.5 Å². The summed E-state index contributed by atoms with van der Waals surface area (Å²) in [7, 11) is 0. The van der Waals surface area contributed by atoms with Crippen LogP contribution in [0.25, 0.3) is 16.8 Å².